The smallest absolute Gasteiger partial charge is 0.0772 e. The maximum absolute atomic E-state index is 6.55. The van der Waals surface area contributed by atoms with E-state index >= 15 is 0 Å². The Balaban J connectivity index is 3.53. The fraction of sp³-hybridized carbons (Fsp3) is 1.00. The number of likely N-dealkylation sites (N-methyl/N-ethyl adjacent to an activating group) is 1. The summed E-state index contributed by atoms with van der Waals surface area (Å²) in [6.07, 6.45) is 0. The molecule has 8 heavy (non-hydrogen) atoms. The van der Waals surface area contributed by atoms with E-state index in [0.29, 0.717) is 6.54 Å². The summed E-state index contributed by atoms with van der Waals surface area (Å²) in [6, 6.07) is 0. The van der Waals surface area contributed by atoms with Gasteiger partial charge in [-0.1, -0.05) is 0 Å². The highest BCUT2D eigenvalue weighted by Crippen LogP contribution is 1.99. The maximum atomic E-state index is 6.55. The van der Waals surface area contributed by atoms with E-state index in [9.17, 15) is 0 Å². The lowest BCUT2D eigenvalue weighted by Gasteiger charge is -2.19. The van der Waals surface area contributed by atoms with Gasteiger partial charge in [-0.05, 0) is 20.9 Å². The van der Waals surface area contributed by atoms with Gasteiger partial charge >= 0.3 is 0 Å². The fourth-order valence-electron chi connectivity index (χ4n) is 0.277. The Morgan fingerprint density at radius 3 is 2.25 bits per heavy atom. The summed E-state index contributed by atoms with van der Waals surface area (Å²) in [5.74, 6) is 0. The van der Waals surface area contributed by atoms with Gasteiger partial charge in [-0.15, -0.1) is 0 Å². The Morgan fingerprint density at radius 2 is 2.12 bits per heavy atom. The first-order valence-corrected chi connectivity index (χ1v) is 2.64. The molecule has 0 aromatic carbocycles. The molecule has 0 amide bonds. The van der Waals surface area contributed by atoms with E-state index in [2.05, 4.69) is 10.4 Å². The molecule has 2 N–H and O–H groups in total. The molecule has 0 aliphatic rings. The molecular weight excluding hydrogens is 102 g/mol. The number of nitrogens with one attached hydrogen (secondary N) is 2. The van der Waals surface area contributed by atoms with Gasteiger partial charge in [0.2, 0.25) is 0 Å². The molecule has 0 radical (unpaired) electrons. The van der Waals surface area contributed by atoms with E-state index in [-0.39, 0.29) is 5.54 Å². The zero-order valence-corrected chi connectivity index (χ0v) is 5.65. The van der Waals surface area contributed by atoms with Crippen LogP contribution in [0.2, 0.25) is 0 Å². The summed E-state index contributed by atoms with van der Waals surface area (Å²) >= 11 is 0. The Morgan fingerprint density at radius 1 is 1.62 bits per heavy atom. The van der Waals surface area contributed by atoms with Crippen molar-refractivity contribution in [3.63, 3.8) is 0 Å². The Labute approximate surface area is 50.0 Å². The molecule has 0 fully saturated rings. The lowest BCUT2D eigenvalue weighted by atomic mass is 10.1. The van der Waals surface area contributed by atoms with Crippen molar-refractivity contribution in [1.29, 1.82) is 5.53 Å². The molecule has 0 atom stereocenters. The van der Waals surface area contributed by atoms with Crippen LogP contribution in [0.15, 0.2) is 5.11 Å². The molecule has 0 spiro atoms. The van der Waals surface area contributed by atoms with Crippen LogP contribution in [0.4, 0.5) is 0 Å². The van der Waals surface area contributed by atoms with Crippen molar-refractivity contribution >= 4 is 0 Å². The molecule has 0 saturated heterocycles. The van der Waals surface area contributed by atoms with Gasteiger partial charge in [0.05, 0.1) is 6.54 Å². The van der Waals surface area contributed by atoms with Crippen molar-refractivity contribution in [2.75, 3.05) is 13.6 Å². The molecule has 0 rings (SSSR count). The average Bonchev–Trinajstić information content (AvgIpc) is 1.67. The van der Waals surface area contributed by atoms with Gasteiger partial charge in [0, 0.05) is 5.54 Å². The molecule has 0 heterocycles. The van der Waals surface area contributed by atoms with Crippen molar-refractivity contribution < 1.29 is 0 Å². The number of rotatable bonds is 3. The van der Waals surface area contributed by atoms with Crippen LogP contribution in [-0.4, -0.2) is 19.1 Å². The average molecular weight is 115 g/mol. The standard InChI is InChI=1S/C5H13N3/c1-5(2,7-3)4-8-6/h6-7H,4H2,1-3H3. The maximum Gasteiger partial charge on any atom is 0.0772 e. The third kappa shape index (κ3) is 2.69. The summed E-state index contributed by atoms with van der Waals surface area (Å²) in [4.78, 5) is 0. The Kier molecular flexibility index (Phi) is 2.62. The molecule has 3 nitrogen and oxygen atoms in total. The second-order valence-corrected chi connectivity index (χ2v) is 2.45. The van der Waals surface area contributed by atoms with Crippen molar-refractivity contribution in [3.8, 4) is 0 Å². The summed E-state index contributed by atoms with van der Waals surface area (Å²) in [5, 5.41) is 6.29. The quantitative estimate of drug-likeness (QED) is 0.530. The van der Waals surface area contributed by atoms with E-state index in [1.807, 2.05) is 20.9 Å². The molecule has 0 unspecified atom stereocenters. The first kappa shape index (κ1) is 7.56. The van der Waals surface area contributed by atoms with Crippen LogP contribution in [0.25, 0.3) is 0 Å². The van der Waals surface area contributed by atoms with Crippen molar-refractivity contribution in [3.05, 3.63) is 0 Å². The van der Waals surface area contributed by atoms with Crippen LogP contribution < -0.4 is 5.32 Å². The number of nitrogens with zero attached hydrogens (tertiary/aromatic N) is 1. The largest absolute Gasteiger partial charge is 0.313 e. The van der Waals surface area contributed by atoms with E-state index in [4.69, 9.17) is 5.53 Å². The highest BCUT2D eigenvalue weighted by atomic mass is 15.0. The predicted octanol–water partition coefficient (Wildman–Crippen LogP) is 1.02. The van der Waals surface area contributed by atoms with E-state index in [1.165, 1.54) is 0 Å². The minimum atomic E-state index is -0.0122. The van der Waals surface area contributed by atoms with Crippen LogP contribution in [0.1, 0.15) is 13.8 Å². The summed E-state index contributed by atoms with van der Waals surface area (Å²) in [6.45, 7) is 4.56. The molecule has 3 heteroatoms. The van der Waals surface area contributed by atoms with Crippen LogP contribution in [-0.2, 0) is 0 Å². The van der Waals surface area contributed by atoms with Gasteiger partial charge in [0.25, 0.3) is 0 Å². The molecule has 48 valence electrons. The molecular formula is C5H13N3. The summed E-state index contributed by atoms with van der Waals surface area (Å²) in [7, 11) is 1.87. The third-order valence-corrected chi connectivity index (χ3v) is 1.15. The zero-order valence-electron chi connectivity index (χ0n) is 5.65. The van der Waals surface area contributed by atoms with Crippen LogP contribution in [0.5, 0.6) is 0 Å². The monoisotopic (exact) mass is 115 g/mol. The Bertz CT molecular complexity index is 77.7. The fourth-order valence-corrected chi connectivity index (χ4v) is 0.277. The van der Waals surface area contributed by atoms with Gasteiger partial charge in [-0.25, -0.2) is 5.53 Å². The number of hydrogen-bond donors (Lipinski definition) is 2. The third-order valence-electron chi connectivity index (χ3n) is 1.15. The summed E-state index contributed by atoms with van der Waals surface area (Å²) < 4.78 is 0. The van der Waals surface area contributed by atoms with Gasteiger partial charge in [-0.2, -0.15) is 5.11 Å². The van der Waals surface area contributed by atoms with Crippen molar-refractivity contribution in [2.45, 2.75) is 19.4 Å². The van der Waals surface area contributed by atoms with Crippen LogP contribution in [0, 0.1) is 5.53 Å². The second kappa shape index (κ2) is 2.77. The highest BCUT2D eigenvalue weighted by Gasteiger charge is 2.12. The molecule has 0 saturated carbocycles. The lowest BCUT2D eigenvalue weighted by molar-refractivity contribution is 0.427. The summed E-state index contributed by atoms with van der Waals surface area (Å²) in [5.41, 5.74) is 6.53. The lowest BCUT2D eigenvalue weighted by Crippen LogP contribution is -2.38. The van der Waals surface area contributed by atoms with Crippen LogP contribution >= 0.6 is 0 Å². The zero-order chi connectivity index (χ0) is 6.62. The molecule has 0 aromatic heterocycles. The van der Waals surface area contributed by atoms with Crippen molar-refractivity contribution in [1.82, 2.24) is 5.32 Å². The van der Waals surface area contributed by atoms with Crippen molar-refractivity contribution in [2.24, 2.45) is 5.11 Å². The van der Waals surface area contributed by atoms with E-state index in [0.717, 1.165) is 0 Å². The minimum absolute atomic E-state index is 0.0122. The first-order valence-electron chi connectivity index (χ1n) is 2.64. The van der Waals surface area contributed by atoms with Gasteiger partial charge < -0.3 is 5.32 Å². The Hall–Kier alpha value is -0.440. The van der Waals surface area contributed by atoms with Crippen LogP contribution in [0.3, 0.4) is 0 Å². The first-order chi connectivity index (χ1) is 3.62. The molecule has 0 bridgehead atoms. The highest BCUT2D eigenvalue weighted by molar-refractivity contribution is 4.76. The predicted molar refractivity (Wildman–Crippen MR) is 33.2 cm³/mol. The van der Waals surface area contributed by atoms with E-state index < -0.39 is 0 Å². The molecule has 0 aliphatic heterocycles. The van der Waals surface area contributed by atoms with E-state index in [1.54, 1.807) is 0 Å². The minimum Gasteiger partial charge on any atom is -0.313 e. The normalized spacial score (nSPS) is 11.4. The second-order valence-electron chi connectivity index (χ2n) is 2.45. The number of hydrogen-bond acceptors (Lipinski definition) is 3. The van der Waals surface area contributed by atoms with Gasteiger partial charge in [-0.3, -0.25) is 0 Å². The van der Waals surface area contributed by atoms with Gasteiger partial charge in [0.15, 0.2) is 0 Å². The SMILES string of the molecule is CNC(C)(C)CN=N. The molecule has 0 aliphatic carbocycles. The molecule has 0 aromatic rings. The van der Waals surface area contributed by atoms with Gasteiger partial charge in [0.1, 0.15) is 0 Å². The topological polar surface area (TPSA) is 48.2 Å².